The first-order valence-corrected chi connectivity index (χ1v) is 7.92. The lowest BCUT2D eigenvalue weighted by Crippen LogP contribution is -2.39. The number of aromatic nitrogens is 1. The Morgan fingerprint density at radius 1 is 1.35 bits per heavy atom. The van der Waals surface area contributed by atoms with Gasteiger partial charge in [0.15, 0.2) is 0 Å². The van der Waals surface area contributed by atoms with Crippen molar-refractivity contribution < 1.29 is 4.79 Å². The number of hydrogen-bond donors (Lipinski definition) is 2. The summed E-state index contributed by atoms with van der Waals surface area (Å²) in [5, 5.41) is 5.71. The second-order valence-electron chi connectivity index (χ2n) is 4.60. The number of nitrogens with zero attached hydrogens (tertiary/aromatic N) is 1. The number of nitrogens with two attached hydrogens (primary N) is 1. The molecular weight excluding hydrogens is 338 g/mol. The van der Waals surface area contributed by atoms with E-state index in [2.05, 4.69) is 26.2 Å². The van der Waals surface area contributed by atoms with Gasteiger partial charge in [-0.1, -0.05) is 28.1 Å². The van der Waals surface area contributed by atoms with Crippen molar-refractivity contribution >= 4 is 33.2 Å². The van der Waals surface area contributed by atoms with Gasteiger partial charge in [0.2, 0.25) is 5.91 Å². The van der Waals surface area contributed by atoms with Gasteiger partial charge < -0.3 is 11.1 Å². The minimum atomic E-state index is -0.511. The molecule has 106 valence electrons. The van der Waals surface area contributed by atoms with Crippen molar-refractivity contribution in [2.75, 3.05) is 0 Å². The number of amides is 1. The Bertz CT molecular complexity index is 595. The molecule has 2 atom stereocenters. The van der Waals surface area contributed by atoms with Gasteiger partial charge in [0, 0.05) is 15.4 Å². The summed E-state index contributed by atoms with van der Waals surface area (Å²) in [6, 6.07) is 7.33. The predicted molar refractivity (Wildman–Crippen MR) is 85.5 cm³/mol. The quantitative estimate of drug-likeness (QED) is 0.887. The minimum Gasteiger partial charge on any atom is -0.346 e. The van der Waals surface area contributed by atoms with E-state index in [1.807, 2.05) is 36.6 Å². The van der Waals surface area contributed by atoms with E-state index in [-0.39, 0.29) is 11.9 Å². The van der Waals surface area contributed by atoms with E-state index in [0.717, 1.165) is 20.7 Å². The first kappa shape index (κ1) is 15.2. The van der Waals surface area contributed by atoms with Gasteiger partial charge in [-0.2, -0.15) is 0 Å². The molecule has 0 fully saturated rings. The Morgan fingerprint density at radius 2 is 2.00 bits per heavy atom. The van der Waals surface area contributed by atoms with Crippen molar-refractivity contribution in [1.82, 2.24) is 10.3 Å². The van der Waals surface area contributed by atoms with Crippen molar-refractivity contribution in [2.45, 2.75) is 25.9 Å². The molecule has 0 saturated heterocycles. The molecule has 1 heterocycles. The number of thiazole rings is 1. The molecular formula is C14H16BrN3OS. The third kappa shape index (κ3) is 3.65. The van der Waals surface area contributed by atoms with E-state index in [1.165, 1.54) is 11.3 Å². The van der Waals surface area contributed by atoms with Crippen LogP contribution in [0.5, 0.6) is 0 Å². The van der Waals surface area contributed by atoms with Crippen LogP contribution in [-0.2, 0) is 4.79 Å². The Kier molecular flexibility index (Phi) is 4.91. The molecule has 2 aromatic rings. The number of benzene rings is 1. The normalized spacial score (nSPS) is 13.8. The molecule has 2 rings (SSSR count). The lowest BCUT2D eigenvalue weighted by molar-refractivity contribution is -0.122. The van der Waals surface area contributed by atoms with Crippen molar-refractivity contribution in [2.24, 2.45) is 5.73 Å². The Morgan fingerprint density at radius 3 is 2.60 bits per heavy atom. The second kappa shape index (κ2) is 6.47. The maximum absolute atomic E-state index is 11.6. The van der Waals surface area contributed by atoms with Gasteiger partial charge in [-0.25, -0.2) is 4.98 Å². The number of carbonyl (C=O) groups excluding carboxylic acids is 1. The third-order valence-electron chi connectivity index (χ3n) is 2.80. The SMILES string of the molecule is CC(NC(=O)[C@H](C)N)c1nc(-c2ccc(Br)cc2)cs1. The summed E-state index contributed by atoms with van der Waals surface area (Å²) < 4.78 is 1.04. The highest BCUT2D eigenvalue weighted by Crippen LogP contribution is 2.26. The molecule has 0 aliphatic carbocycles. The van der Waals surface area contributed by atoms with Gasteiger partial charge in [0.1, 0.15) is 5.01 Å². The number of halogens is 1. The van der Waals surface area contributed by atoms with Crippen LogP contribution in [0.2, 0.25) is 0 Å². The van der Waals surface area contributed by atoms with Gasteiger partial charge in [0.25, 0.3) is 0 Å². The summed E-state index contributed by atoms with van der Waals surface area (Å²) in [6.45, 7) is 3.57. The van der Waals surface area contributed by atoms with Crippen LogP contribution < -0.4 is 11.1 Å². The molecule has 4 nitrogen and oxygen atoms in total. The van der Waals surface area contributed by atoms with Crippen LogP contribution in [0, 0.1) is 0 Å². The largest absolute Gasteiger partial charge is 0.346 e. The highest BCUT2D eigenvalue weighted by Gasteiger charge is 2.16. The van der Waals surface area contributed by atoms with Gasteiger partial charge in [-0.3, -0.25) is 4.79 Å². The maximum Gasteiger partial charge on any atom is 0.237 e. The van der Waals surface area contributed by atoms with Crippen LogP contribution in [0.3, 0.4) is 0 Å². The number of carbonyl (C=O) groups is 1. The number of rotatable bonds is 4. The first-order valence-electron chi connectivity index (χ1n) is 6.24. The lowest BCUT2D eigenvalue weighted by Gasteiger charge is -2.12. The third-order valence-corrected chi connectivity index (χ3v) is 4.36. The van der Waals surface area contributed by atoms with Gasteiger partial charge in [0.05, 0.1) is 17.8 Å². The summed E-state index contributed by atoms with van der Waals surface area (Å²) >= 11 is 4.94. The fraction of sp³-hybridized carbons (Fsp3) is 0.286. The number of nitrogens with one attached hydrogen (secondary N) is 1. The number of hydrogen-bond acceptors (Lipinski definition) is 4. The average molecular weight is 354 g/mol. The Hall–Kier alpha value is -1.24. The van der Waals surface area contributed by atoms with Crippen LogP contribution in [0.25, 0.3) is 11.3 Å². The molecule has 1 aromatic carbocycles. The molecule has 0 bridgehead atoms. The zero-order valence-electron chi connectivity index (χ0n) is 11.3. The highest BCUT2D eigenvalue weighted by molar-refractivity contribution is 9.10. The molecule has 20 heavy (non-hydrogen) atoms. The molecule has 0 saturated carbocycles. The summed E-state index contributed by atoms with van der Waals surface area (Å²) in [4.78, 5) is 16.1. The lowest BCUT2D eigenvalue weighted by atomic mass is 10.2. The van der Waals surface area contributed by atoms with E-state index >= 15 is 0 Å². The smallest absolute Gasteiger partial charge is 0.237 e. The van der Waals surface area contributed by atoms with E-state index in [4.69, 9.17) is 5.73 Å². The molecule has 3 N–H and O–H groups in total. The Balaban J connectivity index is 2.12. The molecule has 6 heteroatoms. The molecule has 1 aromatic heterocycles. The van der Waals surface area contributed by atoms with Gasteiger partial charge >= 0.3 is 0 Å². The average Bonchev–Trinajstić information content (AvgIpc) is 2.89. The van der Waals surface area contributed by atoms with Crippen LogP contribution >= 0.6 is 27.3 Å². The van der Waals surface area contributed by atoms with E-state index in [1.54, 1.807) is 6.92 Å². The predicted octanol–water partition coefficient (Wildman–Crippen LogP) is 3.10. The fourth-order valence-corrected chi connectivity index (χ4v) is 2.75. The van der Waals surface area contributed by atoms with Crippen molar-refractivity contribution in [3.8, 4) is 11.3 Å². The molecule has 1 unspecified atom stereocenters. The first-order chi connectivity index (χ1) is 9.47. The van der Waals surface area contributed by atoms with Crippen LogP contribution in [-0.4, -0.2) is 16.9 Å². The topological polar surface area (TPSA) is 68.0 Å². The maximum atomic E-state index is 11.6. The Labute approximate surface area is 130 Å². The summed E-state index contributed by atoms with van der Waals surface area (Å²) in [7, 11) is 0. The zero-order valence-corrected chi connectivity index (χ0v) is 13.7. The van der Waals surface area contributed by atoms with Crippen molar-refractivity contribution in [3.05, 3.63) is 39.1 Å². The molecule has 0 aliphatic rings. The van der Waals surface area contributed by atoms with Crippen molar-refractivity contribution in [1.29, 1.82) is 0 Å². The van der Waals surface area contributed by atoms with Crippen molar-refractivity contribution in [3.63, 3.8) is 0 Å². The van der Waals surface area contributed by atoms with Gasteiger partial charge in [-0.15, -0.1) is 11.3 Å². The molecule has 0 spiro atoms. The highest BCUT2D eigenvalue weighted by atomic mass is 79.9. The molecule has 0 radical (unpaired) electrons. The molecule has 1 amide bonds. The zero-order chi connectivity index (χ0) is 14.7. The van der Waals surface area contributed by atoms with Gasteiger partial charge in [-0.05, 0) is 26.0 Å². The monoisotopic (exact) mass is 353 g/mol. The second-order valence-corrected chi connectivity index (χ2v) is 6.40. The minimum absolute atomic E-state index is 0.136. The fourth-order valence-electron chi connectivity index (χ4n) is 1.65. The van der Waals surface area contributed by atoms with E-state index < -0.39 is 6.04 Å². The molecule has 0 aliphatic heterocycles. The van der Waals surface area contributed by atoms with Crippen LogP contribution in [0.15, 0.2) is 34.1 Å². The summed E-state index contributed by atoms with van der Waals surface area (Å²) in [5.41, 5.74) is 7.51. The van der Waals surface area contributed by atoms with Crippen LogP contribution in [0.1, 0.15) is 24.9 Å². The van der Waals surface area contributed by atoms with E-state index in [9.17, 15) is 4.79 Å². The van der Waals surface area contributed by atoms with E-state index in [0.29, 0.717) is 0 Å². The summed E-state index contributed by atoms with van der Waals surface area (Å²) in [6.07, 6.45) is 0. The summed E-state index contributed by atoms with van der Waals surface area (Å²) in [5.74, 6) is -0.169. The standard InChI is InChI=1S/C14H16BrN3OS/c1-8(16)13(19)17-9(2)14-18-12(7-20-14)10-3-5-11(15)6-4-10/h3-9H,16H2,1-2H3,(H,17,19)/t8-,9?/m0/s1. The van der Waals surface area contributed by atoms with Crippen LogP contribution in [0.4, 0.5) is 0 Å².